The van der Waals surface area contributed by atoms with Gasteiger partial charge in [-0.05, 0) is 38.0 Å². The Kier molecular flexibility index (Phi) is 4.23. The second-order valence-corrected chi connectivity index (χ2v) is 5.78. The highest BCUT2D eigenvalue weighted by Gasteiger charge is 2.47. The van der Waals surface area contributed by atoms with E-state index in [2.05, 4.69) is 5.32 Å². The molecule has 0 spiro atoms. The van der Waals surface area contributed by atoms with Gasteiger partial charge < -0.3 is 5.32 Å². The van der Waals surface area contributed by atoms with Crippen molar-refractivity contribution in [3.05, 3.63) is 29.0 Å². The van der Waals surface area contributed by atoms with Crippen LogP contribution < -0.4 is 10.2 Å². The van der Waals surface area contributed by atoms with E-state index in [1.807, 2.05) is 13.8 Å². The molecule has 2 unspecified atom stereocenters. The average Bonchev–Trinajstić information content (AvgIpc) is 2.45. The van der Waals surface area contributed by atoms with Gasteiger partial charge in [-0.1, -0.05) is 25.4 Å². The first-order valence-corrected chi connectivity index (χ1v) is 7.32. The zero-order valence-corrected chi connectivity index (χ0v) is 13.0. The number of rotatable bonds is 3. The molecule has 0 radical (unpaired) electrons. The molecule has 1 aliphatic heterocycles. The van der Waals surface area contributed by atoms with Crippen molar-refractivity contribution in [1.82, 2.24) is 5.32 Å². The Labute approximate surface area is 128 Å². The molecule has 2 rings (SSSR count). The minimum Gasteiger partial charge on any atom is -0.340 e. The van der Waals surface area contributed by atoms with Gasteiger partial charge in [0, 0.05) is 5.69 Å². The molecule has 0 saturated carbocycles. The number of anilines is 1. The number of hydrogen-bond donors (Lipinski definition) is 1. The molecule has 0 aromatic heterocycles. The lowest BCUT2D eigenvalue weighted by molar-refractivity contribution is -0.138. The van der Waals surface area contributed by atoms with Gasteiger partial charge in [0.2, 0.25) is 5.91 Å². The molecule has 4 nitrogen and oxygen atoms in total. The van der Waals surface area contributed by atoms with Crippen LogP contribution >= 0.6 is 11.6 Å². The summed E-state index contributed by atoms with van der Waals surface area (Å²) in [5.74, 6) is -0.971. The number of benzene rings is 1. The normalized spacial score (nSPS) is 26.0. The molecule has 21 heavy (non-hydrogen) atoms. The van der Waals surface area contributed by atoms with Crippen LogP contribution in [0.3, 0.4) is 0 Å². The summed E-state index contributed by atoms with van der Waals surface area (Å²) in [4.78, 5) is 26.5. The molecule has 0 bridgehead atoms. The fourth-order valence-electron chi connectivity index (χ4n) is 2.47. The van der Waals surface area contributed by atoms with Gasteiger partial charge in [-0.2, -0.15) is 0 Å². The van der Waals surface area contributed by atoms with Gasteiger partial charge in [0.05, 0.1) is 5.02 Å². The van der Waals surface area contributed by atoms with Crippen molar-refractivity contribution in [1.29, 1.82) is 0 Å². The van der Waals surface area contributed by atoms with E-state index in [0.29, 0.717) is 18.5 Å². The van der Waals surface area contributed by atoms with Crippen LogP contribution in [0.15, 0.2) is 18.2 Å². The topological polar surface area (TPSA) is 49.4 Å². The molecule has 0 aliphatic carbocycles. The minimum atomic E-state index is -0.955. The number of carbonyl (C=O) groups excluding carboxylic acids is 2. The lowest BCUT2D eigenvalue weighted by Crippen LogP contribution is -2.69. The first-order chi connectivity index (χ1) is 9.84. The molecule has 114 valence electrons. The number of nitrogens with one attached hydrogen (secondary N) is 1. The van der Waals surface area contributed by atoms with Crippen molar-refractivity contribution in [3.8, 4) is 0 Å². The lowest BCUT2D eigenvalue weighted by atomic mass is 9.90. The third kappa shape index (κ3) is 2.62. The van der Waals surface area contributed by atoms with Crippen LogP contribution in [-0.4, -0.2) is 23.4 Å². The summed E-state index contributed by atoms with van der Waals surface area (Å²) in [6.07, 6.45) is 0.936. The predicted octanol–water partition coefficient (Wildman–Crippen LogP) is 2.89. The Morgan fingerprint density at radius 2 is 2.05 bits per heavy atom. The van der Waals surface area contributed by atoms with E-state index in [1.54, 1.807) is 6.92 Å². The summed E-state index contributed by atoms with van der Waals surface area (Å²) in [7, 11) is 0. The summed E-state index contributed by atoms with van der Waals surface area (Å²) in [5, 5.41) is 2.71. The van der Waals surface area contributed by atoms with Crippen molar-refractivity contribution in [2.24, 2.45) is 0 Å². The van der Waals surface area contributed by atoms with E-state index < -0.39 is 17.4 Å². The van der Waals surface area contributed by atoms with E-state index in [4.69, 9.17) is 11.6 Å². The average molecular weight is 313 g/mol. The maximum absolute atomic E-state index is 13.3. The zero-order valence-electron chi connectivity index (χ0n) is 12.2. The number of halogens is 2. The first-order valence-electron chi connectivity index (χ1n) is 6.94. The summed E-state index contributed by atoms with van der Waals surface area (Å²) in [6.45, 7) is 5.35. The molecule has 1 aromatic carbocycles. The quantitative estimate of drug-likeness (QED) is 0.933. The highest BCUT2D eigenvalue weighted by molar-refractivity contribution is 6.31. The molecule has 1 aliphatic rings. The Morgan fingerprint density at radius 1 is 1.38 bits per heavy atom. The summed E-state index contributed by atoms with van der Waals surface area (Å²) >= 11 is 5.80. The van der Waals surface area contributed by atoms with Crippen LogP contribution in [0.1, 0.15) is 33.6 Å². The molecule has 1 aromatic rings. The van der Waals surface area contributed by atoms with E-state index in [-0.39, 0.29) is 16.8 Å². The standard InChI is InChI=1S/C15H18ClFN2O2/c1-4-12-13(20)18-15(3,5-2)14(21)19(12)9-6-7-11(17)10(16)8-9/h6-8,12H,4-5H2,1-3H3,(H,18,20). The van der Waals surface area contributed by atoms with Crippen LogP contribution in [0.2, 0.25) is 5.02 Å². The predicted molar refractivity (Wildman–Crippen MR) is 79.8 cm³/mol. The number of amides is 2. The molecule has 1 N–H and O–H groups in total. The maximum Gasteiger partial charge on any atom is 0.253 e. The van der Waals surface area contributed by atoms with Gasteiger partial charge in [-0.15, -0.1) is 0 Å². The van der Waals surface area contributed by atoms with Crippen LogP contribution in [0, 0.1) is 5.82 Å². The Balaban J connectivity index is 2.51. The van der Waals surface area contributed by atoms with Gasteiger partial charge in [0.15, 0.2) is 0 Å². The molecule has 2 atom stereocenters. The van der Waals surface area contributed by atoms with Crippen LogP contribution in [-0.2, 0) is 9.59 Å². The second-order valence-electron chi connectivity index (χ2n) is 5.37. The van der Waals surface area contributed by atoms with Gasteiger partial charge in [0.25, 0.3) is 5.91 Å². The van der Waals surface area contributed by atoms with E-state index in [9.17, 15) is 14.0 Å². The van der Waals surface area contributed by atoms with E-state index in [0.717, 1.165) is 0 Å². The number of carbonyl (C=O) groups is 2. The van der Waals surface area contributed by atoms with Crippen LogP contribution in [0.5, 0.6) is 0 Å². The smallest absolute Gasteiger partial charge is 0.253 e. The Hall–Kier alpha value is -1.62. The van der Waals surface area contributed by atoms with Gasteiger partial charge in [-0.3, -0.25) is 14.5 Å². The largest absolute Gasteiger partial charge is 0.340 e. The lowest BCUT2D eigenvalue weighted by Gasteiger charge is -2.43. The second kappa shape index (κ2) is 5.64. The van der Waals surface area contributed by atoms with Crippen molar-refractivity contribution < 1.29 is 14.0 Å². The summed E-state index contributed by atoms with van der Waals surface area (Å²) in [6, 6.07) is 3.44. The molecule has 2 amide bonds. The molecule has 1 heterocycles. The molecule has 1 saturated heterocycles. The fourth-order valence-corrected chi connectivity index (χ4v) is 2.65. The van der Waals surface area contributed by atoms with E-state index in [1.165, 1.54) is 23.1 Å². The third-order valence-corrected chi connectivity index (χ3v) is 4.27. The van der Waals surface area contributed by atoms with Crippen LogP contribution in [0.4, 0.5) is 10.1 Å². The summed E-state index contributed by atoms with van der Waals surface area (Å²) in [5.41, 5.74) is -0.517. The van der Waals surface area contributed by atoms with Gasteiger partial charge in [0.1, 0.15) is 17.4 Å². The van der Waals surface area contributed by atoms with Crippen molar-refractivity contribution >= 4 is 29.1 Å². The van der Waals surface area contributed by atoms with Gasteiger partial charge in [-0.25, -0.2) is 4.39 Å². The van der Waals surface area contributed by atoms with Crippen molar-refractivity contribution in [2.75, 3.05) is 4.90 Å². The fraction of sp³-hybridized carbons (Fsp3) is 0.467. The first kappa shape index (κ1) is 15.8. The minimum absolute atomic E-state index is 0.0701. The third-order valence-electron chi connectivity index (χ3n) is 3.98. The number of nitrogens with zero attached hydrogens (tertiary/aromatic N) is 1. The molecule has 6 heteroatoms. The highest BCUT2D eigenvalue weighted by atomic mass is 35.5. The molecular formula is C15H18ClFN2O2. The van der Waals surface area contributed by atoms with Crippen LogP contribution in [0.25, 0.3) is 0 Å². The highest BCUT2D eigenvalue weighted by Crippen LogP contribution is 2.31. The van der Waals surface area contributed by atoms with Crippen molar-refractivity contribution in [3.63, 3.8) is 0 Å². The number of piperazine rings is 1. The van der Waals surface area contributed by atoms with Gasteiger partial charge >= 0.3 is 0 Å². The number of hydrogen-bond acceptors (Lipinski definition) is 2. The zero-order chi connectivity index (χ0) is 15.8. The molecule has 1 fully saturated rings. The molecular weight excluding hydrogens is 295 g/mol. The Bertz CT molecular complexity index is 593. The maximum atomic E-state index is 13.3. The van der Waals surface area contributed by atoms with E-state index >= 15 is 0 Å². The SMILES string of the molecule is CCC1C(=O)NC(C)(CC)C(=O)N1c1ccc(F)c(Cl)c1. The van der Waals surface area contributed by atoms with Crippen molar-refractivity contribution in [2.45, 2.75) is 45.2 Å². The summed E-state index contributed by atoms with van der Waals surface area (Å²) < 4.78 is 13.3. The Morgan fingerprint density at radius 3 is 2.57 bits per heavy atom. The monoisotopic (exact) mass is 312 g/mol.